The van der Waals surface area contributed by atoms with E-state index in [1.54, 1.807) is 13.1 Å². The normalized spacial score (nSPS) is 10.4. The molecule has 2 heterocycles. The van der Waals surface area contributed by atoms with Gasteiger partial charge in [0.05, 0.1) is 3.57 Å². The van der Waals surface area contributed by atoms with Gasteiger partial charge in [-0.3, -0.25) is 0 Å². The second-order valence-corrected chi connectivity index (χ2v) is 4.29. The molecule has 0 bridgehead atoms. The van der Waals surface area contributed by atoms with Crippen LogP contribution in [-0.4, -0.2) is 26.7 Å². The monoisotopic (exact) mass is 331 g/mol. The molecule has 0 fully saturated rings. The summed E-state index contributed by atoms with van der Waals surface area (Å²) in [5, 5.41) is 7.00. The molecule has 0 saturated carbocycles. The predicted octanol–water partition coefficient (Wildman–Crippen LogP) is 1.43. The Labute approximate surface area is 106 Å². The molecule has 0 radical (unpaired) electrons. The maximum Gasteiger partial charge on any atom is 0.223 e. The third kappa shape index (κ3) is 2.87. The molecule has 2 aromatic heterocycles. The standard InChI is InChI=1S/C9H10IN5O/c1-6-14-8(15-16-6)2-3-12-9-7(10)4-11-5-13-9/h4-5H,2-3H2,1H3,(H,11,12,13). The van der Waals surface area contributed by atoms with Crippen molar-refractivity contribution in [2.24, 2.45) is 0 Å². The van der Waals surface area contributed by atoms with Gasteiger partial charge in [0.25, 0.3) is 0 Å². The van der Waals surface area contributed by atoms with Gasteiger partial charge >= 0.3 is 0 Å². The summed E-state index contributed by atoms with van der Waals surface area (Å²) >= 11 is 2.18. The Hall–Kier alpha value is -1.25. The van der Waals surface area contributed by atoms with E-state index in [1.807, 2.05) is 0 Å². The van der Waals surface area contributed by atoms with Crippen LogP contribution >= 0.6 is 22.6 Å². The van der Waals surface area contributed by atoms with Gasteiger partial charge in [-0.1, -0.05) is 5.16 Å². The maximum atomic E-state index is 4.87. The van der Waals surface area contributed by atoms with E-state index < -0.39 is 0 Å². The molecule has 84 valence electrons. The largest absolute Gasteiger partial charge is 0.369 e. The smallest absolute Gasteiger partial charge is 0.223 e. The van der Waals surface area contributed by atoms with Crippen LogP contribution in [0.15, 0.2) is 17.0 Å². The number of anilines is 1. The minimum absolute atomic E-state index is 0.589. The number of halogens is 1. The molecular weight excluding hydrogens is 321 g/mol. The first-order chi connectivity index (χ1) is 7.75. The number of nitrogens with one attached hydrogen (secondary N) is 1. The van der Waals surface area contributed by atoms with E-state index in [4.69, 9.17) is 4.52 Å². The molecule has 1 N–H and O–H groups in total. The van der Waals surface area contributed by atoms with Crippen molar-refractivity contribution < 1.29 is 4.52 Å². The van der Waals surface area contributed by atoms with Crippen LogP contribution in [0.3, 0.4) is 0 Å². The summed E-state index contributed by atoms with van der Waals surface area (Å²) in [6.07, 6.45) is 3.98. The number of aromatic nitrogens is 4. The van der Waals surface area contributed by atoms with Gasteiger partial charge in [0.2, 0.25) is 5.89 Å². The van der Waals surface area contributed by atoms with Gasteiger partial charge in [0.15, 0.2) is 5.82 Å². The number of aryl methyl sites for hydroxylation is 1. The SMILES string of the molecule is Cc1nc(CCNc2ncncc2I)no1. The van der Waals surface area contributed by atoms with Crippen molar-refractivity contribution in [3.05, 3.63) is 27.8 Å². The highest BCUT2D eigenvalue weighted by Gasteiger charge is 2.03. The highest BCUT2D eigenvalue weighted by Crippen LogP contribution is 2.11. The molecule has 2 aromatic rings. The zero-order chi connectivity index (χ0) is 11.4. The van der Waals surface area contributed by atoms with E-state index >= 15 is 0 Å². The Morgan fingerprint density at radius 2 is 2.38 bits per heavy atom. The third-order valence-corrected chi connectivity index (χ3v) is 2.67. The summed E-state index contributed by atoms with van der Waals surface area (Å²) in [7, 11) is 0. The van der Waals surface area contributed by atoms with Crippen LogP contribution in [0.5, 0.6) is 0 Å². The van der Waals surface area contributed by atoms with Crippen molar-refractivity contribution in [3.63, 3.8) is 0 Å². The van der Waals surface area contributed by atoms with E-state index in [0.717, 1.165) is 9.39 Å². The van der Waals surface area contributed by atoms with Gasteiger partial charge in [-0.05, 0) is 22.6 Å². The molecule has 0 aromatic carbocycles. The first kappa shape index (κ1) is 11.2. The molecule has 0 amide bonds. The lowest BCUT2D eigenvalue weighted by Gasteiger charge is -2.04. The van der Waals surface area contributed by atoms with E-state index in [-0.39, 0.29) is 0 Å². The number of hydrogen-bond donors (Lipinski definition) is 1. The number of hydrogen-bond acceptors (Lipinski definition) is 6. The first-order valence-corrected chi connectivity index (χ1v) is 5.82. The van der Waals surface area contributed by atoms with Crippen molar-refractivity contribution in [1.29, 1.82) is 0 Å². The van der Waals surface area contributed by atoms with Crippen LogP contribution in [0.4, 0.5) is 5.82 Å². The van der Waals surface area contributed by atoms with E-state index in [1.165, 1.54) is 6.33 Å². The lowest BCUT2D eigenvalue weighted by atomic mass is 10.4. The summed E-state index contributed by atoms with van der Waals surface area (Å²) in [5.41, 5.74) is 0. The minimum Gasteiger partial charge on any atom is -0.369 e. The molecule has 2 rings (SSSR count). The summed E-state index contributed by atoms with van der Waals surface area (Å²) < 4.78 is 5.87. The summed E-state index contributed by atoms with van der Waals surface area (Å²) in [4.78, 5) is 12.1. The van der Waals surface area contributed by atoms with Crippen LogP contribution in [-0.2, 0) is 6.42 Å². The molecule has 0 saturated heterocycles. The highest BCUT2D eigenvalue weighted by molar-refractivity contribution is 14.1. The average molecular weight is 331 g/mol. The van der Waals surface area contributed by atoms with Gasteiger partial charge < -0.3 is 9.84 Å². The van der Waals surface area contributed by atoms with Gasteiger partial charge in [0.1, 0.15) is 12.1 Å². The van der Waals surface area contributed by atoms with Crippen molar-refractivity contribution in [1.82, 2.24) is 20.1 Å². The van der Waals surface area contributed by atoms with Crippen LogP contribution < -0.4 is 5.32 Å². The molecule has 6 nitrogen and oxygen atoms in total. The highest BCUT2D eigenvalue weighted by atomic mass is 127. The maximum absolute atomic E-state index is 4.87. The number of rotatable bonds is 4. The van der Waals surface area contributed by atoms with E-state index in [9.17, 15) is 0 Å². The van der Waals surface area contributed by atoms with Gasteiger partial charge in [0, 0.05) is 26.1 Å². The van der Waals surface area contributed by atoms with Gasteiger partial charge in [-0.15, -0.1) is 0 Å². The second-order valence-electron chi connectivity index (χ2n) is 3.13. The molecule has 0 aliphatic rings. The Kier molecular flexibility index (Phi) is 3.65. The summed E-state index contributed by atoms with van der Waals surface area (Å²) in [6.45, 7) is 2.49. The zero-order valence-corrected chi connectivity index (χ0v) is 10.8. The molecule has 0 unspecified atom stereocenters. The molecule has 7 heteroatoms. The second kappa shape index (κ2) is 5.19. The Bertz CT molecular complexity index is 472. The number of nitrogens with zero attached hydrogens (tertiary/aromatic N) is 4. The van der Waals surface area contributed by atoms with Gasteiger partial charge in [-0.25, -0.2) is 9.97 Å². The fourth-order valence-electron chi connectivity index (χ4n) is 1.18. The molecule has 16 heavy (non-hydrogen) atoms. The minimum atomic E-state index is 0.589. The van der Waals surface area contributed by atoms with Crippen LogP contribution in [0, 0.1) is 10.5 Å². The first-order valence-electron chi connectivity index (χ1n) is 4.74. The lowest BCUT2D eigenvalue weighted by molar-refractivity contribution is 0.387. The van der Waals surface area contributed by atoms with E-state index in [2.05, 4.69) is 48.0 Å². The summed E-state index contributed by atoms with van der Waals surface area (Å²) in [5.74, 6) is 2.12. The Morgan fingerprint density at radius 1 is 1.50 bits per heavy atom. The van der Waals surface area contributed by atoms with Crippen molar-refractivity contribution >= 4 is 28.4 Å². The summed E-state index contributed by atoms with van der Waals surface area (Å²) in [6, 6.07) is 0. The third-order valence-electron chi connectivity index (χ3n) is 1.88. The van der Waals surface area contributed by atoms with Crippen molar-refractivity contribution in [3.8, 4) is 0 Å². The average Bonchev–Trinajstić information content (AvgIpc) is 2.67. The fourth-order valence-corrected chi connectivity index (χ4v) is 1.67. The molecule has 0 aliphatic carbocycles. The van der Waals surface area contributed by atoms with Gasteiger partial charge in [-0.2, -0.15) is 4.98 Å². The van der Waals surface area contributed by atoms with Crippen molar-refractivity contribution in [2.45, 2.75) is 13.3 Å². The van der Waals surface area contributed by atoms with E-state index in [0.29, 0.717) is 24.7 Å². The molecule has 0 aliphatic heterocycles. The molecular formula is C9H10IN5O. The molecule has 0 atom stereocenters. The van der Waals surface area contributed by atoms with Crippen LogP contribution in [0.25, 0.3) is 0 Å². The van der Waals surface area contributed by atoms with Crippen LogP contribution in [0.1, 0.15) is 11.7 Å². The van der Waals surface area contributed by atoms with Crippen LogP contribution in [0.2, 0.25) is 0 Å². The quantitative estimate of drug-likeness (QED) is 0.854. The predicted molar refractivity (Wildman–Crippen MR) is 66.0 cm³/mol. The van der Waals surface area contributed by atoms with Crippen molar-refractivity contribution in [2.75, 3.05) is 11.9 Å². The lowest BCUT2D eigenvalue weighted by Crippen LogP contribution is -2.08. The topological polar surface area (TPSA) is 76.7 Å². The zero-order valence-electron chi connectivity index (χ0n) is 8.64. The Balaban J connectivity index is 1.87. The Morgan fingerprint density at radius 3 is 3.06 bits per heavy atom. The fraction of sp³-hybridized carbons (Fsp3) is 0.333. The molecule has 0 spiro atoms.